The van der Waals surface area contributed by atoms with Crippen molar-refractivity contribution in [1.82, 2.24) is 5.32 Å². The maximum absolute atomic E-state index is 5.91. The van der Waals surface area contributed by atoms with Crippen LogP contribution in [-0.4, -0.2) is 13.2 Å². The summed E-state index contributed by atoms with van der Waals surface area (Å²) in [5.74, 6) is 1.97. The first-order valence-electron chi connectivity index (χ1n) is 7.80. The van der Waals surface area contributed by atoms with E-state index in [0.717, 1.165) is 31.2 Å². The molecule has 0 radical (unpaired) electrons. The molecule has 19 heavy (non-hydrogen) atoms. The number of rotatable bonds is 8. The molecule has 0 bridgehead atoms. The van der Waals surface area contributed by atoms with Gasteiger partial charge in [0.1, 0.15) is 5.75 Å². The minimum atomic E-state index is 0.448. The zero-order valence-electron chi connectivity index (χ0n) is 12.3. The van der Waals surface area contributed by atoms with Crippen LogP contribution in [0.3, 0.4) is 0 Å². The Hall–Kier alpha value is -1.02. The van der Waals surface area contributed by atoms with Gasteiger partial charge in [0.05, 0.1) is 6.61 Å². The fourth-order valence-electron chi connectivity index (χ4n) is 2.74. The predicted molar refractivity (Wildman–Crippen MR) is 80.6 cm³/mol. The molecule has 0 saturated heterocycles. The van der Waals surface area contributed by atoms with Crippen molar-refractivity contribution in [2.24, 2.45) is 5.92 Å². The van der Waals surface area contributed by atoms with Crippen LogP contribution in [0.15, 0.2) is 24.3 Å². The fraction of sp³-hybridized carbons (Fsp3) is 0.647. The Labute approximate surface area is 117 Å². The van der Waals surface area contributed by atoms with E-state index in [0.29, 0.717) is 6.04 Å². The second-order valence-corrected chi connectivity index (χ2v) is 5.53. The maximum Gasteiger partial charge on any atom is 0.124 e. The largest absolute Gasteiger partial charge is 0.493 e. The molecule has 1 saturated carbocycles. The van der Waals surface area contributed by atoms with Crippen molar-refractivity contribution in [3.8, 4) is 5.75 Å². The first-order valence-corrected chi connectivity index (χ1v) is 7.80. The van der Waals surface area contributed by atoms with Gasteiger partial charge in [-0.15, -0.1) is 0 Å². The Kier molecular flexibility index (Phi) is 5.71. The molecule has 1 aromatic carbocycles. The number of nitrogens with one attached hydrogen (secondary N) is 1. The third-order valence-electron chi connectivity index (χ3n) is 4.00. The molecule has 1 aromatic rings. The summed E-state index contributed by atoms with van der Waals surface area (Å²) in [6.07, 6.45) is 6.53. The summed E-state index contributed by atoms with van der Waals surface area (Å²) >= 11 is 0. The molecular weight excluding hydrogens is 234 g/mol. The lowest BCUT2D eigenvalue weighted by Crippen LogP contribution is -2.26. The number of ether oxygens (including phenoxy) is 1. The van der Waals surface area contributed by atoms with Gasteiger partial charge in [-0.25, -0.2) is 0 Å². The van der Waals surface area contributed by atoms with Gasteiger partial charge < -0.3 is 10.1 Å². The van der Waals surface area contributed by atoms with Crippen molar-refractivity contribution < 1.29 is 4.74 Å². The molecule has 0 amide bonds. The van der Waals surface area contributed by atoms with E-state index in [-0.39, 0.29) is 0 Å². The summed E-state index contributed by atoms with van der Waals surface area (Å²) in [5, 5.41) is 3.63. The average Bonchev–Trinajstić information content (AvgIpc) is 2.39. The summed E-state index contributed by atoms with van der Waals surface area (Å²) in [4.78, 5) is 0. The first kappa shape index (κ1) is 14.4. The lowest BCUT2D eigenvalue weighted by molar-refractivity contribution is 0.255. The third-order valence-corrected chi connectivity index (χ3v) is 4.00. The highest BCUT2D eigenvalue weighted by molar-refractivity contribution is 5.36. The van der Waals surface area contributed by atoms with Gasteiger partial charge in [-0.3, -0.25) is 0 Å². The minimum absolute atomic E-state index is 0.448. The van der Waals surface area contributed by atoms with Crippen molar-refractivity contribution in [2.75, 3.05) is 13.2 Å². The zero-order valence-corrected chi connectivity index (χ0v) is 12.3. The van der Waals surface area contributed by atoms with Crippen LogP contribution in [0, 0.1) is 5.92 Å². The van der Waals surface area contributed by atoms with Gasteiger partial charge in [-0.05, 0) is 31.4 Å². The molecule has 106 valence electrons. The Balaban J connectivity index is 2.09. The zero-order chi connectivity index (χ0) is 13.5. The number of para-hydroxylation sites is 1. The molecule has 2 nitrogen and oxygen atoms in total. The van der Waals surface area contributed by atoms with E-state index in [9.17, 15) is 0 Å². The monoisotopic (exact) mass is 261 g/mol. The van der Waals surface area contributed by atoms with Crippen LogP contribution >= 0.6 is 0 Å². The van der Waals surface area contributed by atoms with Crippen LogP contribution in [-0.2, 0) is 0 Å². The molecule has 0 aliphatic heterocycles. The van der Waals surface area contributed by atoms with Gasteiger partial charge in [0.15, 0.2) is 0 Å². The molecule has 0 aromatic heterocycles. The molecular formula is C17H27NO. The first-order chi connectivity index (χ1) is 9.35. The number of hydrogen-bond donors (Lipinski definition) is 1. The lowest BCUT2D eigenvalue weighted by Gasteiger charge is -2.31. The Morgan fingerprint density at radius 1 is 1.26 bits per heavy atom. The summed E-state index contributed by atoms with van der Waals surface area (Å²) < 4.78 is 5.91. The topological polar surface area (TPSA) is 21.3 Å². The summed E-state index contributed by atoms with van der Waals surface area (Å²) in [6.45, 7) is 6.15. The standard InChI is InChI=1S/C17H27NO/c1-3-12-19-17-11-6-5-10-15(17)16(18-4-2)13-14-8-7-9-14/h5-6,10-11,14,16,18H,3-4,7-9,12-13H2,1-2H3. The van der Waals surface area contributed by atoms with Crippen LogP contribution < -0.4 is 10.1 Å². The van der Waals surface area contributed by atoms with Gasteiger partial charge in [0, 0.05) is 11.6 Å². The van der Waals surface area contributed by atoms with Crippen LogP contribution in [0.4, 0.5) is 0 Å². The molecule has 2 rings (SSSR count). The van der Waals surface area contributed by atoms with E-state index in [1.165, 1.54) is 31.2 Å². The Bertz CT molecular complexity index is 373. The Morgan fingerprint density at radius 3 is 2.68 bits per heavy atom. The third kappa shape index (κ3) is 3.97. The number of hydrogen-bond acceptors (Lipinski definition) is 2. The lowest BCUT2D eigenvalue weighted by atomic mass is 9.79. The smallest absolute Gasteiger partial charge is 0.124 e. The Morgan fingerprint density at radius 2 is 2.05 bits per heavy atom. The van der Waals surface area contributed by atoms with Crippen LogP contribution in [0.1, 0.15) is 57.6 Å². The molecule has 0 spiro atoms. The van der Waals surface area contributed by atoms with E-state index >= 15 is 0 Å². The van der Waals surface area contributed by atoms with Crippen molar-refractivity contribution in [2.45, 2.75) is 52.0 Å². The van der Waals surface area contributed by atoms with Gasteiger partial charge in [-0.1, -0.05) is 51.3 Å². The van der Waals surface area contributed by atoms with Crippen molar-refractivity contribution in [1.29, 1.82) is 0 Å². The minimum Gasteiger partial charge on any atom is -0.493 e. The summed E-state index contributed by atoms with van der Waals surface area (Å²) in [7, 11) is 0. The highest BCUT2D eigenvalue weighted by atomic mass is 16.5. The van der Waals surface area contributed by atoms with Gasteiger partial charge in [0.25, 0.3) is 0 Å². The molecule has 1 fully saturated rings. The van der Waals surface area contributed by atoms with Gasteiger partial charge in [0.2, 0.25) is 0 Å². The molecule has 1 atom stereocenters. The van der Waals surface area contributed by atoms with E-state index in [2.05, 4.69) is 43.4 Å². The quantitative estimate of drug-likeness (QED) is 0.752. The van der Waals surface area contributed by atoms with Crippen molar-refractivity contribution in [3.63, 3.8) is 0 Å². The van der Waals surface area contributed by atoms with Crippen LogP contribution in [0.5, 0.6) is 5.75 Å². The predicted octanol–water partition coefficient (Wildman–Crippen LogP) is 4.32. The molecule has 0 heterocycles. The number of benzene rings is 1. The molecule has 1 unspecified atom stereocenters. The molecule has 1 aliphatic carbocycles. The summed E-state index contributed by atoms with van der Waals surface area (Å²) in [6, 6.07) is 8.97. The second-order valence-electron chi connectivity index (χ2n) is 5.53. The maximum atomic E-state index is 5.91. The second kappa shape index (κ2) is 7.54. The highest BCUT2D eigenvalue weighted by Crippen LogP contribution is 2.37. The van der Waals surface area contributed by atoms with E-state index in [1.807, 2.05) is 0 Å². The molecule has 1 N–H and O–H groups in total. The fourth-order valence-corrected chi connectivity index (χ4v) is 2.74. The molecule has 1 aliphatic rings. The van der Waals surface area contributed by atoms with E-state index < -0.39 is 0 Å². The average molecular weight is 261 g/mol. The SMILES string of the molecule is CCCOc1ccccc1C(CC1CCC1)NCC. The van der Waals surface area contributed by atoms with Crippen LogP contribution in [0.25, 0.3) is 0 Å². The van der Waals surface area contributed by atoms with Gasteiger partial charge >= 0.3 is 0 Å². The highest BCUT2D eigenvalue weighted by Gasteiger charge is 2.24. The summed E-state index contributed by atoms with van der Waals surface area (Å²) in [5.41, 5.74) is 1.34. The van der Waals surface area contributed by atoms with E-state index in [4.69, 9.17) is 4.74 Å². The van der Waals surface area contributed by atoms with Crippen molar-refractivity contribution in [3.05, 3.63) is 29.8 Å². The normalized spacial score (nSPS) is 16.9. The van der Waals surface area contributed by atoms with Crippen LogP contribution in [0.2, 0.25) is 0 Å². The van der Waals surface area contributed by atoms with Gasteiger partial charge in [-0.2, -0.15) is 0 Å². The van der Waals surface area contributed by atoms with Crippen molar-refractivity contribution >= 4 is 0 Å². The molecule has 2 heteroatoms. The van der Waals surface area contributed by atoms with E-state index in [1.54, 1.807) is 0 Å².